The van der Waals surface area contributed by atoms with Gasteiger partial charge in [-0.1, -0.05) is 12.1 Å². The normalized spacial score (nSPS) is 16.3. The Kier molecular flexibility index (Phi) is 5.85. The Labute approximate surface area is 181 Å². The molecule has 0 radical (unpaired) electrons. The van der Waals surface area contributed by atoms with Gasteiger partial charge in [-0.25, -0.2) is 9.97 Å². The number of rotatable bonds is 5. The SMILES string of the molecule is COc1ccc(-c2cnc(N(C)C)nc2C2CN(C(=O)c3cn[nH]c3C)CCO2)cc1. The fourth-order valence-corrected chi connectivity index (χ4v) is 3.57. The molecule has 0 bridgehead atoms. The minimum Gasteiger partial charge on any atom is -0.497 e. The summed E-state index contributed by atoms with van der Waals surface area (Å²) in [5.41, 5.74) is 3.91. The number of amides is 1. The number of benzene rings is 1. The second-order valence-electron chi connectivity index (χ2n) is 7.61. The molecule has 1 aliphatic heterocycles. The summed E-state index contributed by atoms with van der Waals surface area (Å²) >= 11 is 0. The number of aromatic amines is 1. The molecular weight excluding hydrogens is 396 g/mol. The lowest BCUT2D eigenvalue weighted by Gasteiger charge is -2.33. The molecule has 1 atom stereocenters. The van der Waals surface area contributed by atoms with Gasteiger partial charge in [0.1, 0.15) is 11.9 Å². The van der Waals surface area contributed by atoms with Crippen molar-refractivity contribution in [3.63, 3.8) is 0 Å². The van der Waals surface area contributed by atoms with Gasteiger partial charge in [-0.15, -0.1) is 0 Å². The first kappa shape index (κ1) is 20.8. The van der Waals surface area contributed by atoms with Crippen molar-refractivity contribution in [2.24, 2.45) is 0 Å². The van der Waals surface area contributed by atoms with Crippen LogP contribution in [0.25, 0.3) is 11.1 Å². The highest BCUT2D eigenvalue weighted by atomic mass is 16.5. The van der Waals surface area contributed by atoms with Crippen molar-refractivity contribution >= 4 is 11.9 Å². The molecule has 1 fully saturated rings. The second kappa shape index (κ2) is 8.73. The van der Waals surface area contributed by atoms with Crippen LogP contribution in [0.1, 0.15) is 27.8 Å². The number of nitrogens with zero attached hydrogens (tertiary/aromatic N) is 5. The number of aromatic nitrogens is 4. The molecule has 1 saturated heterocycles. The molecular formula is C22H26N6O3. The van der Waals surface area contributed by atoms with Crippen molar-refractivity contribution in [1.29, 1.82) is 0 Å². The fraction of sp³-hybridized carbons (Fsp3) is 0.364. The molecule has 3 heterocycles. The monoisotopic (exact) mass is 422 g/mol. The van der Waals surface area contributed by atoms with E-state index in [0.29, 0.717) is 31.2 Å². The number of hydrogen-bond acceptors (Lipinski definition) is 7. The molecule has 0 spiro atoms. The summed E-state index contributed by atoms with van der Waals surface area (Å²) in [5.74, 6) is 1.30. The zero-order valence-corrected chi connectivity index (χ0v) is 18.1. The summed E-state index contributed by atoms with van der Waals surface area (Å²) in [6.07, 6.45) is 3.01. The minimum atomic E-state index is -0.372. The van der Waals surface area contributed by atoms with Crippen LogP contribution in [0.5, 0.6) is 5.75 Å². The zero-order valence-electron chi connectivity index (χ0n) is 18.1. The topological polar surface area (TPSA) is 96.5 Å². The van der Waals surface area contributed by atoms with Crippen LogP contribution in [0.15, 0.2) is 36.7 Å². The van der Waals surface area contributed by atoms with Crippen LogP contribution in [0, 0.1) is 6.92 Å². The van der Waals surface area contributed by atoms with E-state index in [1.807, 2.05) is 56.4 Å². The van der Waals surface area contributed by atoms with Crippen molar-refractivity contribution in [3.8, 4) is 16.9 Å². The molecule has 9 nitrogen and oxygen atoms in total. The minimum absolute atomic E-state index is 0.0626. The van der Waals surface area contributed by atoms with E-state index in [4.69, 9.17) is 14.5 Å². The standard InChI is InChI=1S/C22H26N6O3/c1-14-17(12-24-26-14)21(29)28-9-10-31-19(13-28)20-18(11-23-22(25-20)27(2)3)15-5-7-16(30-4)8-6-15/h5-8,11-12,19H,9-10,13H2,1-4H3,(H,24,26). The quantitative estimate of drug-likeness (QED) is 0.675. The third-order valence-corrected chi connectivity index (χ3v) is 5.33. The largest absolute Gasteiger partial charge is 0.497 e. The van der Waals surface area contributed by atoms with Gasteiger partial charge in [0.15, 0.2) is 0 Å². The van der Waals surface area contributed by atoms with Gasteiger partial charge in [-0.05, 0) is 24.6 Å². The second-order valence-corrected chi connectivity index (χ2v) is 7.61. The van der Waals surface area contributed by atoms with Crippen LogP contribution < -0.4 is 9.64 Å². The Morgan fingerprint density at radius 3 is 2.68 bits per heavy atom. The summed E-state index contributed by atoms with van der Waals surface area (Å²) in [7, 11) is 5.43. The number of hydrogen-bond donors (Lipinski definition) is 1. The number of morpholine rings is 1. The zero-order chi connectivity index (χ0) is 22.0. The smallest absolute Gasteiger partial charge is 0.257 e. The molecule has 1 N–H and O–H groups in total. The first-order chi connectivity index (χ1) is 15.0. The van der Waals surface area contributed by atoms with Gasteiger partial charge in [0.2, 0.25) is 5.95 Å². The van der Waals surface area contributed by atoms with Crippen LogP contribution >= 0.6 is 0 Å². The van der Waals surface area contributed by atoms with E-state index in [2.05, 4.69) is 15.2 Å². The summed E-state index contributed by atoms with van der Waals surface area (Å²) in [6, 6.07) is 7.74. The molecule has 31 heavy (non-hydrogen) atoms. The Balaban J connectivity index is 1.68. The van der Waals surface area contributed by atoms with Crippen molar-refractivity contribution in [2.75, 3.05) is 45.8 Å². The van der Waals surface area contributed by atoms with Crippen molar-refractivity contribution < 1.29 is 14.3 Å². The first-order valence-electron chi connectivity index (χ1n) is 10.1. The molecule has 1 aromatic carbocycles. The van der Waals surface area contributed by atoms with Crippen LogP contribution in [0.4, 0.5) is 5.95 Å². The van der Waals surface area contributed by atoms with Gasteiger partial charge in [0, 0.05) is 38.1 Å². The highest BCUT2D eigenvalue weighted by Crippen LogP contribution is 2.32. The molecule has 0 aliphatic carbocycles. The third-order valence-electron chi connectivity index (χ3n) is 5.33. The number of methoxy groups -OCH3 is 1. The van der Waals surface area contributed by atoms with Crippen molar-refractivity contribution in [1.82, 2.24) is 25.1 Å². The highest BCUT2D eigenvalue weighted by molar-refractivity contribution is 5.95. The van der Waals surface area contributed by atoms with E-state index in [1.54, 1.807) is 18.2 Å². The molecule has 162 valence electrons. The molecule has 1 amide bonds. The molecule has 2 aromatic heterocycles. The van der Waals surface area contributed by atoms with E-state index < -0.39 is 0 Å². The van der Waals surface area contributed by atoms with E-state index in [-0.39, 0.29) is 12.0 Å². The number of carbonyl (C=O) groups is 1. The number of anilines is 1. The summed E-state index contributed by atoms with van der Waals surface area (Å²) in [5, 5.41) is 6.80. The Morgan fingerprint density at radius 1 is 1.26 bits per heavy atom. The van der Waals surface area contributed by atoms with Crippen molar-refractivity contribution in [2.45, 2.75) is 13.0 Å². The predicted molar refractivity (Wildman–Crippen MR) is 116 cm³/mol. The van der Waals surface area contributed by atoms with E-state index in [0.717, 1.165) is 28.3 Å². The molecule has 0 saturated carbocycles. The van der Waals surface area contributed by atoms with Gasteiger partial charge in [0.25, 0.3) is 5.91 Å². The van der Waals surface area contributed by atoms with Gasteiger partial charge in [-0.2, -0.15) is 5.10 Å². The highest BCUT2D eigenvalue weighted by Gasteiger charge is 2.30. The number of carbonyl (C=O) groups excluding carboxylic acids is 1. The summed E-state index contributed by atoms with van der Waals surface area (Å²) < 4.78 is 11.4. The van der Waals surface area contributed by atoms with Crippen LogP contribution in [0.2, 0.25) is 0 Å². The van der Waals surface area contributed by atoms with Crippen LogP contribution in [-0.4, -0.2) is 71.9 Å². The number of ether oxygens (including phenoxy) is 2. The number of aryl methyl sites for hydroxylation is 1. The summed E-state index contributed by atoms with van der Waals surface area (Å²) in [4.78, 5) is 25.9. The maximum absolute atomic E-state index is 13.0. The summed E-state index contributed by atoms with van der Waals surface area (Å²) in [6.45, 7) is 3.18. The van der Waals surface area contributed by atoms with Gasteiger partial charge in [-0.3, -0.25) is 9.89 Å². The lowest BCUT2D eigenvalue weighted by molar-refractivity contribution is -0.0244. The number of nitrogens with one attached hydrogen (secondary N) is 1. The molecule has 3 aromatic rings. The maximum Gasteiger partial charge on any atom is 0.257 e. The van der Waals surface area contributed by atoms with Gasteiger partial charge in [0.05, 0.1) is 37.7 Å². The Morgan fingerprint density at radius 2 is 2.03 bits per heavy atom. The maximum atomic E-state index is 13.0. The predicted octanol–water partition coefficient (Wildman–Crippen LogP) is 2.46. The van der Waals surface area contributed by atoms with Crippen molar-refractivity contribution in [3.05, 3.63) is 53.6 Å². The first-order valence-corrected chi connectivity index (χ1v) is 10.1. The van der Waals surface area contributed by atoms with E-state index in [1.165, 1.54) is 0 Å². The molecule has 1 aliphatic rings. The molecule has 4 rings (SSSR count). The van der Waals surface area contributed by atoms with Crippen LogP contribution in [0.3, 0.4) is 0 Å². The molecule has 9 heteroatoms. The lowest BCUT2D eigenvalue weighted by Crippen LogP contribution is -2.42. The van der Waals surface area contributed by atoms with E-state index in [9.17, 15) is 4.79 Å². The third kappa shape index (κ3) is 4.22. The lowest BCUT2D eigenvalue weighted by atomic mass is 10.0. The van der Waals surface area contributed by atoms with E-state index >= 15 is 0 Å². The fourth-order valence-electron chi connectivity index (χ4n) is 3.57. The average molecular weight is 422 g/mol. The van der Waals surface area contributed by atoms with Gasteiger partial charge >= 0.3 is 0 Å². The Bertz CT molecular complexity index is 1060. The Hall–Kier alpha value is -3.46. The average Bonchev–Trinajstić information content (AvgIpc) is 3.24. The number of H-pyrrole nitrogens is 1. The molecule has 1 unspecified atom stereocenters. The van der Waals surface area contributed by atoms with Gasteiger partial charge < -0.3 is 19.3 Å². The van der Waals surface area contributed by atoms with Crippen LogP contribution in [-0.2, 0) is 4.74 Å².